The van der Waals surface area contributed by atoms with Gasteiger partial charge < -0.3 is 10.1 Å². The van der Waals surface area contributed by atoms with Crippen LogP contribution >= 0.6 is 11.6 Å². The summed E-state index contributed by atoms with van der Waals surface area (Å²) < 4.78 is 5.22. The molecule has 1 N–H and O–H groups in total. The number of benzene rings is 3. The number of anilines is 1. The molecule has 0 spiro atoms. The first-order valence-corrected chi connectivity index (χ1v) is 7.85. The van der Waals surface area contributed by atoms with Crippen LogP contribution in [0.4, 0.5) is 5.69 Å². The Hall–Kier alpha value is -2.78. The zero-order valence-electron chi connectivity index (χ0n) is 13.1. The molecule has 0 saturated carbocycles. The van der Waals surface area contributed by atoms with Gasteiger partial charge in [0.05, 0.1) is 12.7 Å². The molecule has 4 heteroatoms. The first-order chi connectivity index (χ1) is 11.7. The minimum atomic E-state index is -0.202. The molecule has 0 atom stereocenters. The van der Waals surface area contributed by atoms with Gasteiger partial charge in [-0.05, 0) is 47.5 Å². The van der Waals surface area contributed by atoms with Crippen molar-refractivity contribution in [1.29, 1.82) is 0 Å². The Kier molecular flexibility index (Phi) is 4.82. The predicted octanol–water partition coefficient (Wildman–Crippen LogP) is 5.27. The number of amides is 1. The van der Waals surface area contributed by atoms with Gasteiger partial charge in [-0.25, -0.2) is 0 Å². The number of carbonyl (C=O) groups is 1. The minimum Gasteiger partial charge on any atom is -0.496 e. The van der Waals surface area contributed by atoms with Gasteiger partial charge in [0.25, 0.3) is 5.91 Å². The van der Waals surface area contributed by atoms with Crippen LogP contribution in [0.5, 0.6) is 5.75 Å². The molecule has 0 aromatic heterocycles. The normalized spacial score (nSPS) is 10.2. The lowest BCUT2D eigenvalue weighted by atomic mass is 10.1. The molecule has 0 aliphatic carbocycles. The van der Waals surface area contributed by atoms with E-state index in [-0.39, 0.29) is 5.91 Å². The van der Waals surface area contributed by atoms with Gasteiger partial charge in [-0.15, -0.1) is 0 Å². The Morgan fingerprint density at radius 2 is 1.46 bits per heavy atom. The summed E-state index contributed by atoms with van der Waals surface area (Å²) in [4.78, 5) is 12.4. The van der Waals surface area contributed by atoms with Crippen molar-refractivity contribution in [3.63, 3.8) is 0 Å². The van der Waals surface area contributed by atoms with Crippen molar-refractivity contribution < 1.29 is 9.53 Å². The number of nitrogens with one attached hydrogen (secondary N) is 1. The number of rotatable bonds is 4. The number of methoxy groups -OCH3 is 1. The van der Waals surface area contributed by atoms with Gasteiger partial charge in [0, 0.05) is 10.7 Å². The summed E-state index contributed by atoms with van der Waals surface area (Å²) in [5, 5.41) is 3.59. The molecular weight excluding hydrogens is 322 g/mol. The average molecular weight is 338 g/mol. The molecule has 0 bridgehead atoms. The number of carbonyl (C=O) groups excluding carboxylic acids is 1. The van der Waals surface area contributed by atoms with Crippen molar-refractivity contribution in [2.24, 2.45) is 0 Å². The van der Waals surface area contributed by atoms with Crippen LogP contribution in [0, 0.1) is 0 Å². The first kappa shape index (κ1) is 16.1. The average Bonchev–Trinajstić information content (AvgIpc) is 2.63. The maximum atomic E-state index is 12.4. The first-order valence-electron chi connectivity index (χ1n) is 7.48. The molecule has 0 aliphatic rings. The zero-order valence-corrected chi connectivity index (χ0v) is 13.9. The Bertz CT molecular complexity index is 842. The summed E-state index contributed by atoms with van der Waals surface area (Å²) in [5.41, 5.74) is 3.36. The van der Waals surface area contributed by atoms with Crippen LogP contribution in [0.25, 0.3) is 11.1 Å². The van der Waals surface area contributed by atoms with Crippen LogP contribution in [0.2, 0.25) is 5.02 Å². The fourth-order valence-electron chi connectivity index (χ4n) is 2.42. The molecule has 0 heterocycles. The maximum absolute atomic E-state index is 12.4. The monoisotopic (exact) mass is 337 g/mol. The van der Waals surface area contributed by atoms with E-state index in [0.29, 0.717) is 16.3 Å². The summed E-state index contributed by atoms with van der Waals surface area (Å²) >= 11 is 5.91. The Balaban J connectivity index is 1.76. The summed E-state index contributed by atoms with van der Waals surface area (Å²) in [6.07, 6.45) is 0. The van der Waals surface area contributed by atoms with Crippen molar-refractivity contribution in [2.75, 3.05) is 12.4 Å². The van der Waals surface area contributed by atoms with E-state index in [0.717, 1.165) is 16.8 Å². The highest BCUT2D eigenvalue weighted by molar-refractivity contribution is 6.30. The molecule has 120 valence electrons. The van der Waals surface area contributed by atoms with E-state index in [1.807, 2.05) is 54.6 Å². The van der Waals surface area contributed by atoms with Crippen molar-refractivity contribution >= 4 is 23.2 Å². The van der Waals surface area contributed by atoms with Crippen LogP contribution in [-0.2, 0) is 0 Å². The molecule has 1 amide bonds. The van der Waals surface area contributed by atoms with Gasteiger partial charge in [-0.2, -0.15) is 0 Å². The maximum Gasteiger partial charge on any atom is 0.259 e. The molecule has 0 fully saturated rings. The van der Waals surface area contributed by atoms with Crippen LogP contribution in [-0.4, -0.2) is 13.0 Å². The number of para-hydroxylation sites is 1. The summed E-state index contributed by atoms with van der Waals surface area (Å²) in [6, 6.07) is 22.4. The van der Waals surface area contributed by atoms with Crippen molar-refractivity contribution in [3.05, 3.63) is 83.4 Å². The second-order valence-corrected chi connectivity index (χ2v) is 5.68. The highest BCUT2D eigenvalue weighted by atomic mass is 35.5. The molecule has 3 nitrogen and oxygen atoms in total. The summed E-state index contributed by atoms with van der Waals surface area (Å²) in [6.45, 7) is 0. The molecule has 0 unspecified atom stereocenters. The third-order valence-electron chi connectivity index (χ3n) is 3.67. The standard InChI is InChI=1S/C20H16ClNO2/c1-24-19-5-3-2-4-18(19)20(23)22-17-12-8-15(9-13-17)14-6-10-16(21)11-7-14/h2-13H,1H3,(H,22,23). The van der Waals surface area contributed by atoms with Crippen molar-refractivity contribution in [1.82, 2.24) is 0 Å². The number of halogens is 1. The van der Waals surface area contributed by atoms with Crippen LogP contribution < -0.4 is 10.1 Å². The highest BCUT2D eigenvalue weighted by Gasteiger charge is 2.11. The number of hydrogen-bond donors (Lipinski definition) is 1. The molecule has 3 rings (SSSR count). The SMILES string of the molecule is COc1ccccc1C(=O)Nc1ccc(-c2ccc(Cl)cc2)cc1. The fourth-order valence-corrected chi connectivity index (χ4v) is 2.54. The van der Waals surface area contributed by atoms with E-state index in [1.54, 1.807) is 25.3 Å². The van der Waals surface area contributed by atoms with E-state index < -0.39 is 0 Å². The Labute approximate surface area is 145 Å². The molecule has 0 saturated heterocycles. The van der Waals surface area contributed by atoms with Crippen molar-refractivity contribution in [3.8, 4) is 16.9 Å². The minimum absolute atomic E-state index is 0.202. The van der Waals surface area contributed by atoms with Gasteiger partial charge in [0.15, 0.2) is 0 Å². The van der Waals surface area contributed by atoms with Gasteiger partial charge >= 0.3 is 0 Å². The molecule has 0 aliphatic heterocycles. The quantitative estimate of drug-likeness (QED) is 0.704. The van der Waals surface area contributed by atoms with Crippen LogP contribution in [0.15, 0.2) is 72.8 Å². The van der Waals surface area contributed by atoms with E-state index in [9.17, 15) is 4.79 Å². The van der Waals surface area contributed by atoms with Gasteiger partial charge in [-0.1, -0.05) is 48.0 Å². The Morgan fingerprint density at radius 3 is 2.08 bits per heavy atom. The second-order valence-electron chi connectivity index (χ2n) is 5.24. The van der Waals surface area contributed by atoms with Crippen molar-refractivity contribution in [2.45, 2.75) is 0 Å². The largest absolute Gasteiger partial charge is 0.496 e. The Morgan fingerprint density at radius 1 is 0.875 bits per heavy atom. The highest BCUT2D eigenvalue weighted by Crippen LogP contribution is 2.24. The van der Waals surface area contributed by atoms with E-state index >= 15 is 0 Å². The molecule has 0 radical (unpaired) electrons. The number of hydrogen-bond acceptors (Lipinski definition) is 2. The lowest BCUT2D eigenvalue weighted by Crippen LogP contribution is -2.12. The van der Waals surface area contributed by atoms with E-state index in [4.69, 9.17) is 16.3 Å². The van der Waals surface area contributed by atoms with Gasteiger partial charge in [-0.3, -0.25) is 4.79 Å². The molecule has 3 aromatic carbocycles. The second kappa shape index (κ2) is 7.20. The predicted molar refractivity (Wildman–Crippen MR) is 97.8 cm³/mol. The summed E-state index contributed by atoms with van der Waals surface area (Å²) in [5.74, 6) is 0.347. The topological polar surface area (TPSA) is 38.3 Å². The van der Waals surface area contributed by atoms with E-state index in [1.165, 1.54) is 0 Å². The number of ether oxygens (including phenoxy) is 1. The summed E-state index contributed by atoms with van der Waals surface area (Å²) in [7, 11) is 1.55. The molecular formula is C20H16ClNO2. The third-order valence-corrected chi connectivity index (χ3v) is 3.92. The van der Waals surface area contributed by atoms with Crippen LogP contribution in [0.3, 0.4) is 0 Å². The molecule has 24 heavy (non-hydrogen) atoms. The fraction of sp³-hybridized carbons (Fsp3) is 0.0500. The van der Waals surface area contributed by atoms with E-state index in [2.05, 4.69) is 5.32 Å². The molecule has 3 aromatic rings. The lowest BCUT2D eigenvalue weighted by Gasteiger charge is -2.10. The third kappa shape index (κ3) is 3.58. The van der Waals surface area contributed by atoms with Gasteiger partial charge in [0.1, 0.15) is 5.75 Å². The van der Waals surface area contributed by atoms with Crippen LogP contribution in [0.1, 0.15) is 10.4 Å². The smallest absolute Gasteiger partial charge is 0.259 e. The zero-order chi connectivity index (χ0) is 16.9. The van der Waals surface area contributed by atoms with Gasteiger partial charge in [0.2, 0.25) is 0 Å². The lowest BCUT2D eigenvalue weighted by molar-refractivity contribution is 0.102.